The standard InChI is InChI=1S/C16H19Cl2N5O4/c1-26-8-6-22(7-9-27-2)16-14(23(24)25)15(19-10-20-16)21-12-5-3-4-11(17)13(12)18/h3-5,10H,6-9H2,1-2H3,(H,19,20,21). The smallest absolute Gasteiger partial charge is 0.353 e. The Morgan fingerprint density at radius 1 is 1.19 bits per heavy atom. The normalized spacial score (nSPS) is 10.7. The second-order valence-electron chi connectivity index (χ2n) is 5.35. The van der Waals surface area contributed by atoms with Crippen LogP contribution in [0.5, 0.6) is 0 Å². The third-order valence-corrected chi connectivity index (χ3v) is 4.44. The van der Waals surface area contributed by atoms with Crippen LogP contribution < -0.4 is 10.2 Å². The van der Waals surface area contributed by atoms with Crippen molar-refractivity contribution >= 4 is 46.2 Å². The summed E-state index contributed by atoms with van der Waals surface area (Å²) in [7, 11) is 3.11. The zero-order chi connectivity index (χ0) is 19.8. The lowest BCUT2D eigenvalue weighted by atomic mass is 10.3. The quantitative estimate of drug-likeness (QED) is 0.464. The van der Waals surface area contributed by atoms with E-state index in [0.717, 1.165) is 0 Å². The van der Waals surface area contributed by atoms with Gasteiger partial charge in [-0.1, -0.05) is 29.3 Å². The van der Waals surface area contributed by atoms with Gasteiger partial charge in [-0.05, 0) is 12.1 Å². The van der Waals surface area contributed by atoms with E-state index < -0.39 is 4.92 Å². The van der Waals surface area contributed by atoms with Crippen molar-refractivity contribution in [2.24, 2.45) is 0 Å². The van der Waals surface area contributed by atoms with Crippen LogP contribution in [0, 0.1) is 10.1 Å². The third kappa shape index (κ3) is 5.39. The first kappa shape index (κ1) is 21.1. The summed E-state index contributed by atoms with van der Waals surface area (Å²) in [4.78, 5) is 21.1. The molecule has 9 nitrogen and oxygen atoms in total. The summed E-state index contributed by atoms with van der Waals surface area (Å²) in [6.07, 6.45) is 1.25. The molecule has 0 fully saturated rings. The van der Waals surface area contributed by atoms with Crippen molar-refractivity contribution in [3.05, 3.63) is 44.7 Å². The Kier molecular flexibility index (Phi) is 7.99. The Balaban J connectivity index is 2.45. The Morgan fingerprint density at radius 3 is 2.44 bits per heavy atom. The number of hydrogen-bond donors (Lipinski definition) is 1. The molecule has 1 aromatic heterocycles. The number of nitrogens with one attached hydrogen (secondary N) is 1. The van der Waals surface area contributed by atoms with Gasteiger partial charge < -0.3 is 19.7 Å². The number of hydrogen-bond acceptors (Lipinski definition) is 8. The number of rotatable bonds is 10. The lowest BCUT2D eigenvalue weighted by Crippen LogP contribution is -2.32. The topological polar surface area (TPSA) is 103 Å². The number of benzene rings is 1. The molecule has 0 aliphatic heterocycles. The van der Waals surface area contributed by atoms with Crippen molar-refractivity contribution in [1.82, 2.24) is 9.97 Å². The highest BCUT2D eigenvalue weighted by Crippen LogP contribution is 2.37. The molecule has 1 heterocycles. The summed E-state index contributed by atoms with van der Waals surface area (Å²) in [6, 6.07) is 4.94. The van der Waals surface area contributed by atoms with E-state index in [0.29, 0.717) is 37.0 Å². The minimum absolute atomic E-state index is 0.00833. The van der Waals surface area contributed by atoms with Gasteiger partial charge in [-0.3, -0.25) is 10.1 Å². The van der Waals surface area contributed by atoms with Crippen molar-refractivity contribution in [2.45, 2.75) is 0 Å². The number of methoxy groups -OCH3 is 2. The molecular weight excluding hydrogens is 397 g/mol. The number of nitrogens with zero attached hydrogens (tertiary/aromatic N) is 4. The van der Waals surface area contributed by atoms with Crippen LogP contribution in [0.2, 0.25) is 10.0 Å². The number of aromatic nitrogens is 2. The SMILES string of the molecule is COCCN(CCOC)c1ncnc(Nc2cccc(Cl)c2Cl)c1[N+](=O)[O-]. The molecule has 0 bridgehead atoms. The van der Waals surface area contributed by atoms with Gasteiger partial charge in [-0.2, -0.15) is 0 Å². The molecule has 0 amide bonds. The lowest BCUT2D eigenvalue weighted by Gasteiger charge is -2.23. The molecule has 0 saturated carbocycles. The van der Waals surface area contributed by atoms with Crippen LogP contribution in [-0.4, -0.2) is 55.4 Å². The monoisotopic (exact) mass is 415 g/mol. The average Bonchev–Trinajstić information content (AvgIpc) is 2.65. The molecule has 0 unspecified atom stereocenters. The molecule has 0 spiro atoms. The van der Waals surface area contributed by atoms with E-state index in [2.05, 4.69) is 15.3 Å². The second kappa shape index (κ2) is 10.2. The van der Waals surface area contributed by atoms with Gasteiger partial charge >= 0.3 is 5.69 Å². The maximum atomic E-state index is 11.8. The molecule has 0 radical (unpaired) electrons. The molecule has 1 N–H and O–H groups in total. The predicted octanol–water partition coefficient (Wildman–Crippen LogP) is 3.53. The van der Waals surface area contributed by atoms with Gasteiger partial charge in [-0.25, -0.2) is 9.97 Å². The molecule has 27 heavy (non-hydrogen) atoms. The van der Waals surface area contributed by atoms with Crippen LogP contribution in [0.25, 0.3) is 0 Å². The fourth-order valence-electron chi connectivity index (χ4n) is 2.31. The summed E-state index contributed by atoms with van der Waals surface area (Å²) in [6.45, 7) is 1.53. The maximum absolute atomic E-state index is 11.8. The molecule has 0 atom stereocenters. The van der Waals surface area contributed by atoms with Crippen LogP contribution in [0.15, 0.2) is 24.5 Å². The van der Waals surface area contributed by atoms with E-state index in [1.165, 1.54) is 6.33 Å². The minimum Gasteiger partial charge on any atom is -0.383 e. The summed E-state index contributed by atoms with van der Waals surface area (Å²) >= 11 is 12.2. The number of ether oxygens (including phenoxy) is 2. The van der Waals surface area contributed by atoms with Gasteiger partial charge in [-0.15, -0.1) is 0 Å². The van der Waals surface area contributed by atoms with Gasteiger partial charge in [0, 0.05) is 27.3 Å². The van der Waals surface area contributed by atoms with Crippen LogP contribution in [0.1, 0.15) is 0 Å². The van der Waals surface area contributed by atoms with E-state index in [-0.39, 0.29) is 22.3 Å². The van der Waals surface area contributed by atoms with E-state index >= 15 is 0 Å². The van der Waals surface area contributed by atoms with E-state index in [4.69, 9.17) is 32.7 Å². The molecule has 0 aliphatic carbocycles. The molecule has 2 rings (SSSR count). The van der Waals surface area contributed by atoms with Crippen molar-refractivity contribution < 1.29 is 14.4 Å². The van der Waals surface area contributed by atoms with Crippen LogP contribution in [0.3, 0.4) is 0 Å². The highest BCUT2D eigenvalue weighted by Gasteiger charge is 2.27. The largest absolute Gasteiger partial charge is 0.383 e. The summed E-state index contributed by atoms with van der Waals surface area (Å²) < 4.78 is 10.2. The lowest BCUT2D eigenvalue weighted by molar-refractivity contribution is -0.383. The average molecular weight is 416 g/mol. The highest BCUT2D eigenvalue weighted by atomic mass is 35.5. The molecule has 11 heteroatoms. The van der Waals surface area contributed by atoms with Crippen molar-refractivity contribution in [2.75, 3.05) is 50.7 Å². The molecule has 0 aliphatic rings. The maximum Gasteiger partial charge on any atom is 0.353 e. The zero-order valence-electron chi connectivity index (χ0n) is 14.8. The Bertz CT molecular complexity index is 785. The highest BCUT2D eigenvalue weighted by molar-refractivity contribution is 6.43. The van der Waals surface area contributed by atoms with E-state index in [1.54, 1.807) is 37.3 Å². The molecular formula is C16H19Cl2N5O4. The Labute approximate surface area is 166 Å². The zero-order valence-corrected chi connectivity index (χ0v) is 16.3. The van der Waals surface area contributed by atoms with Gasteiger partial charge in [0.15, 0.2) is 0 Å². The van der Waals surface area contributed by atoms with E-state index in [1.807, 2.05) is 0 Å². The Morgan fingerprint density at radius 2 is 1.85 bits per heavy atom. The summed E-state index contributed by atoms with van der Waals surface area (Å²) in [5.41, 5.74) is 0.123. The second-order valence-corrected chi connectivity index (χ2v) is 6.14. The van der Waals surface area contributed by atoms with Crippen molar-refractivity contribution in [1.29, 1.82) is 0 Å². The summed E-state index contributed by atoms with van der Waals surface area (Å²) in [5.74, 6) is 0.166. The molecule has 2 aromatic rings. The van der Waals surface area contributed by atoms with Gasteiger partial charge in [0.2, 0.25) is 11.6 Å². The first-order valence-electron chi connectivity index (χ1n) is 7.92. The third-order valence-electron chi connectivity index (χ3n) is 3.62. The first-order valence-corrected chi connectivity index (χ1v) is 8.68. The number of nitro groups is 1. The molecule has 1 aromatic carbocycles. The van der Waals surface area contributed by atoms with Crippen LogP contribution in [0.4, 0.5) is 23.0 Å². The van der Waals surface area contributed by atoms with Crippen LogP contribution >= 0.6 is 23.2 Å². The molecule has 146 valence electrons. The molecule has 0 saturated heterocycles. The van der Waals surface area contributed by atoms with Crippen molar-refractivity contribution in [3.8, 4) is 0 Å². The Hall–Kier alpha value is -2.20. The van der Waals surface area contributed by atoms with E-state index in [9.17, 15) is 10.1 Å². The fraction of sp³-hybridized carbons (Fsp3) is 0.375. The van der Waals surface area contributed by atoms with Crippen LogP contribution in [-0.2, 0) is 9.47 Å². The van der Waals surface area contributed by atoms with Gasteiger partial charge in [0.1, 0.15) is 6.33 Å². The van der Waals surface area contributed by atoms with Gasteiger partial charge in [0.05, 0.1) is 33.9 Å². The number of anilines is 3. The predicted molar refractivity (Wildman–Crippen MR) is 104 cm³/mol. The first-order chi connectivity index (χ1) is 13.0. The van der Waals surface area contributed by atoms with Crippen molar-refractivity contribution in [3.63, 3.8) is 0 Å². The van der Waals surface area contributed by atoms with Gasteiger partial charge in [0.25, 0.3) is 0 Å². The minimum atomic E-state index is -0.539. The summed E-state index contributed by atoms with van der Waals surface area (Å²) in [5, 5.41) is 15.2. The fourth-order valence-corrected chi connectivity index (χ4v) is 2.66. The number of halogens is 2.